The molecule has 1 aromatic rings. The lowest BCUT2D eigenvalue weighted by Crippen LogP contribution is -2.47. The molecule has 0 spiro atoms. The minimum absolute atomic E-state index is 0.260. The van der Waals surface area contributed by atoms with E-state index in [1.54, 1.807) is 6.07 Å². The van der Waals surface area contributed by atoms with E-state index in [4.69, 9.17) is 0 Å². The Morgan fingerprint density at radius 3 is 2.57 bits per heavy atom. The van der Waals surface area contributed by atoms with Crippen molar-refractivity contribution in [3.63, 3.8) is 0 Å². The first-order chi connectivity index (χ1) is 10.3. The quantitative estimate of drug-likeness (QED) is 0.685. The average molecular weight is 309 g/mol. The van der Waals surface area contributed by atoms with E-state index in [9.17, 15) is 10.1 Å². The fourth-order valence-electron chi connectivity index (χ4n) is 3.72. The molecule has 2 fully saturated rings. The molecule has 116 valence electrons. The first kappa shape index (κ1) is 14.9. The molecular formula is C15H23N3O2S. The van der Waals surface area contributed by atoms with Crippen LogP contribution in [-0.2, 0) is 0 Å². The van der Waals surface area contributed by atoms with Crippen LogP contribution in [-0.4, -0.2) is 36.0 Å². The Bertz CT molecular complexity index is 461. The molecule has 1 N–H and O–H groups in total. The topological polar surface area (TPSA) is 58.4 Å². The van der Waals surface area contributed by atoms with Gasteiger partial charge in [-0.2, -0.15) is 0 Å². The molecule has 0 amide bonds. The minimum atomic E-state index is -0.260. The number of hydrogen-bond acceptors (Lipinski definition) is 5. The lowest BCUT2D eigenvalue weighted by Gasteiger charge is -2.40. The van der Waals surface area contributed by atoms with Crippen molar-refractivity contribution in [2.45, 2.75) is 38.1 Å². The van der Waals surface area contributed by atoms with Gasteiger partial charge in [0.05, 0.1) is 4.92 Å². The van der Waals surface area contributed by atoms with Crippen LogP contribution in [0.4, 0.5) is 5.00 Å². The lowest BCUT2D eigenvalue weighted by atomic mass is 9.82. The van der Waals surface area contributed by atoms with Gasteiger partial charge in [0.1, 0.15) is 0 Å². The maximum atomic E-state index is 11.0. The van der Waals surface area contributed by atoms with Gasteiger partial charge >= 0.3 is 5.00 Å². The summed E-state index contributed by atoms with van der Waals surface area (Å²) in [5, 5.41) is 14.7. The molecule has 5 nitrogen and oxygen atoms in total. The molecule has 3 rings (SSSR count). The van der Waals surface area contributed by atoms with Gasteiger partial charge in [-0.1, -0.05) is 30.6 Å². The van der Waals surface area contributed by atoms with Gasteiger partial charge in [-0.25, -0.2) is 0 Å². The number of thiophene rings is 1. The molecule has 1 saturated carbocycles. The zero-order valence-corrected chi connectivity index (χ0v) is 13.1. The maximum Gasteiger partial charge on any atom is 0.324 e. The Balaban J connectivity index is 1.84. The number of nitrogens with zero attached hydrogens (tertiary/aromatic N) is 2. The van der Waals surface area contributed by atoms with Crippen molar-refractivity contribution in [1.29, 1.82) is 0 Å². The van der Waals surface area contributed by atoms with Crippen LogP contribution in [0.2, 0.25) is 0 Å². The molecular weight excluding hydrogens is 286 g/mol. The van der Waals surface area contributed by atoms with Crippen molar-refractivity contribution in [2.24, 2.45) is 5.92 Å². The Morgan fingerprint density at radius 2 is 1.95 bits per heavy atom. The third kappa shape index (κ3) is 3.44. The molecule has 6 heteroatoms. The first-order valence-corrected chi connectivity index (χ1v) is 8.76. The SMILES string of the molecule is O=[N+]([O-])c1ccc([C@H](C2CCCCC2)N2CCNCC2)s1. The molecule has 0 radical (unpaired) electrons. The number of rotatable bonds is 4. The summed E-state index contributed by atoms with van der Waals surface area (Å²) < 4.78 is 0. The van der Waals surface area contributed by atoms with Crippen molar-refractivity contribution in [3.8, 4) is 0 Å². The highest BCUT2D eigenvalue weighted by Crippen LogP contribution is 2.42. The van der Waals surface area contributed by atoms with Gasteiger partial charge in [-0.3, -0.25) is 15.0 Å². The summed E-state index contributed by atoms with van der Waals surface area (Å²) in [7, 11) is 0. The summed E-state index contributed by atoms with van der Waals surface area (Å²) in [6.07, 6.45) is 6.48. The van der Waals surface area contributed by atoms with E-state index in [1.807, 2.05) is 6.07 Å². The second-order valence-electron chi connectivity index (χ2n) is 6.06. The van der Waals surface area contributed by atoms with E-state index in [2.05, 4.69) is 10.2 Å². The molecule has 0 unspecified atom stereocenters. The predicted octanol–water partition coefficient (Wildman–Crippen LogP) is 3.18. The van der Waals surface area contributed by atoms with Crippen LogP contribution in [0.3, 0.4) is 0 Å². The molecule has 0 bridgehead atoms. The summed E-state index contributed by atoms with van der Waals surface area (Å²) in [5.41, 5.74) is 0. The molecule has 2 aliphatic rings. The summed E-state index contributed by atoms with van der Waals surface area (Å²) >= 11 is 1.38. The second-order valence-corrected chi connectivity index (χ2v) is 7.16. The van der Waals surface area contributed by atoms with E-state index in [0.717, 1.165) is 26.2 Å². The monoisotopic (exact) mass is 309 g/mol. The van der Waals surface area contributed by atoms with Crippen LogP contribution in [0.15, 0.2) is 12.1 Å². The molecule has 1 aliphatic heterocycles. The molecule has 21 heavy (non-hydrogen) atoms. The summed E-state index contributed by atoms with van der Waals surface area (Å²) in [4.78, 5) is 14.5. The average Bonchev–Trinajstić information content (AvgIpc) is 3.00. The van der Waals surface area contributed by atoms with Gasteiger partial charge in [-0.15, -0.1) is 0 Å². The van der Waals surface area contributed by atoms with Crippen molar-refractivity contribution >= 4 is 16.3 Å². The van der Waals surface area contributed by atoms with Gasteiger partial charge in [0.15, 0.2) is 0 Å². The van der Waals surface area contributed by atoms with Gasteiger partial charge in [0.25, 0.3) is 0 Å². The molecule has 1 saturated heterocycles. The highest BCUT2D eigenvalue weighted by atomic mass is 32.1. The van der Waals surface area contributed by atoms with E-state index in [0.29, 0.717) is 12.0 Å². The molecule has 1 aliphatic carbocycles. The number of nitro groups is 1. The van der Waals surface area contributed by atoms with Crippen molar-refractivity contribution in [1.82, 2.24) is 10.2 Å². The third-order valence-corrected chi connectivity index (χ3v) is 5.83. The maximum absolute atomic E-state index is 11.0. The van der Waals surface area contributed by atoms with Crippen LogP contribution < -0.4 is 5.32 Å². The lowest BCUT2D eigenvalue weighted by molar-refractivity contribution is -0.380. The standard InChI is InChI=1S/C15H23N3O2S/c19-18(20)14-7-6-13(21-14)15(12-4-2-1-3-5-12)17-10-8-16-9-11-17/h6-7,12,15-16H,1-5,8-11H2/t15-/m0/s1. The first-order valence-electron chi connectivity index (χ1n) is 7.94. The summed E-state index contributed by atoms with van der Waals surface area (Å²) in [6.45, 7) is 4.15. The number of piperazine rings is 1. The molecule has 0 aromatic carbocycles. The van der Waals surface area contributed by atoms with Crippen LogP contribution in [0.5, 0.6) is 0 Å². The van der Waals surface area contributed by atoms with Crippen molar-refractivity contribution in [3.05, 3.63) is 27.1 Å². The van der Waals surface area contributed by atoms with Gasteiger partial charge in [-0.05, 0) is 24.8 Å². The van der Waals surface area contributed by atoms with Crippen LogP contribution in [0.1, 0.15) is 43.0 Å². The predicted molar refractivity (Wildman–Crippen MR) is 84.7 cm³/mol. The van der Waals surface area contributed by atoms with Gasteiger partial charge < -0.3 is 5.32 Å². The zero-order valence-electron chi connectivity index (χ0n) is 12.3. The van der Waals surface area contributed by atoms with E-state index in [1.165, 1.54) is 48.3 Å². The van der Waals surface area contributed by atoms with Gasteiger partial charge in [0, 0.05) is 43.2 Å². The zero-order chi connectivity index (χ0) is 14.7. The van der Waals surface area contributed by atoms with Crippen LogP contribution in [0, 0.1) is 16.0 Å². The molecule has 2 heterocycles. The van der Waals surface area contributed by atoms with Crippen molar-refractivity contribution in [2.75, 3.05) is 26.2 Å². The Morgan fingerprint density at radius 1 is 1.24 bits per heavy atom. The molecule has 1 atom stereocenters. The third-order valence-electron chi connectivity index (χ3n) is 4.73. The highest BCUT2D eigenvalue weighted by molar-refractivity contribution is 7.15. The Kier molecular flexibility index (Phi) is 4.87. The Hall–Kier alpha value is -0.980. The fourth-order valence-corrected chi connectivity index (χ4v) is 4.77. The summed E-state index contributed by atoms with van der Waals surface area (Å²) in [5.74, 6) is 0.662. The molecule has 1 aromatic heterocycles. The van der Waals surface area contributed by atoms with E-state index >= 15 is 0 Å². The van der Waals surface area contributed by atoms with E-state index < -0.39 is 0 Å². The second kappa shape index (κ2) is 6.85. The largest absolute Gasteiger partial charge is 0.324 e. The fraction of sp³-hybridized carbons (Fsp3) is 0.733. The van der Waals surface area contributed by atoms with Crippen molar-refractivity contribution < 1.29 is 4.92 Å². The number of hydrogen-bond donors (Lipinski definition) is 1. The van der Waals surface area contributed by atoms with Gasteiger partial charge in [0.2, 0.25) is 0 Å². The minimum Gasteiger partial charge on any atom is -0.314 e. The van der Waals surface area contributed by atoms with E-state index in [-0.39, 0.29) is 9.92 Å². The van der Waals surface area contributed by atoms with Crippen LogP contribution in [0.25, 0.3) is 0 Å². The highest BCUT2D eigenvalue weighted by Gasteiger charge is 2.32. The summed E-state index contributed by atoms with van der Waals surface area (Å²) in [6, 6.07) is 4.05. The Labute approximate surface area is 129 Å². The normalized spacial score (nSPS) is 23.0. The number of nitrogens with one attached hydrogen (secondary N) is 1. The smallest absolute Gasteiger partial charge is 0.314 e. The van der Waals surface area contributed by atoms with Crippen LogP contribution >= 0.6 is 11.3 Å².